The first-order chi connectivity index (χ1) is 21.9. The number of amides is 2. The van der Waals surface area contributed by atoms with E-state index in [0.29, 0.717) is 36.7 Å². The van der Waals surface area contributed by atoms with Crippen molar-refractivity contribution in [2.24, 2.45) is 18.9 Å². The molecule has 0 radical (unpaired) electrons. The van der Waals surface area contributed by atoms with Gasteiger partial charge in [-0.05, 0) is 79.1 Å². The number of rotatable bonds is 7. The van der Waals surface area contributed by atoms with Gasteiger partial charge < -0.3 is 14.8 Å². The molecule has 3 aromatic rings. The normalized spacial score (nSPS) is 24.9. The van der Waals surface area contributed by atoms with Crippen molar-refractivity contribution in [1.82, 2.24) is 25.0 Å². The molecule has 8 nitrogen and oxygen atoms in total. The van der Waals surface area contributed by atoms with Crippen LogP contribution in [0.15, 0.2) is 54.9 Å². The van der Waals surface area contributed by atoms with Crippen molar-refractivity contribution in [3.63, 3.8) is 0 Å². The Labute approximate surface area is 266 Å². The molecule has 46 heavy (non-hydrogen) atoms. The molecule has 1 aliphatic carbocycles. The molecule has 1 N–H and O–H groups in total. The van der Waals surface area contributed by atoms with Crippen LogP contribution >= 0.6 is 0 Å². The summed E-state index contributed by atoms with van der Waals surface area (Å²) < 4.78 is 45.5. The third-order valence-corrected chi connectivity index (χ3v) is 9.48. The first-order valence-corrected chi connectivity index (χ1v) is 15.5. The molecule has 0 bridgehead atoms. The Balaban J connectivity index is 1.29. The number of halogens is 3. The zero-order chi connectivity index (χ0) is 32.8. The maximum atomic E-state index is 14.5. The van der Waals surface area contributed by atoms with Crippen LogP contribution in [0.1, 0.15) is 71.5 Å². The summed E-state index contributed by atoms with van der Waals surface area (Å²) >= 11 is 0. The van der Waals surface area contributed by atoms with Crippen LogP contribution in [0, 0.1) is 24.2 Å². The van der Waals surface area contributed by atoms with Crippen molar-refractivity contribution in [2.45, 2.75) is 63.8 Å². The number of likely N-dealkylation sites (tertiary alicyclic amines) is 1. The minimum atomic E-state index is -4.65. The van der Waals surface area contributed by atoms with Crippen LogP contribution in [0.5, 0.6) is 0 Å². The number of benzene rings is 2. The highest BCUT2D eigenvalue weighted by Crippen LogP contribution is 2.52. The van der Waals surface area contributed by atoms with Crippen LogP contribution in [0.3, 0.4) is 0 Å². The van der Waals surface area contributed by atoms with Gasteiger partial charge in [0.15, 0.2) is 0 Å². The fraction of sp³-hybridized carbons (Fsp3) is 0.429. The zero-order valence-corrected chi connectivity index (χ0v) is 26.1. The average molecular weight is 631 g/mol. The second-order valence-electron chi connectivity index (χ2n) is 13.0. The van der Waals surface area contributed by atoms with Crippen molar-refractivity contribution >= 4 is 17.5 Å². The number of piperidine rings is 1. The van der Waals surface area contributed by atoms with E-state index >= 15 is 0 Å². The summed E-state index contributed by atoms with van der Waals surface area (Å²) in [5, 5.41) is 11.4. The van der Waals surface area contributed by atoms with Crippen molar-refractivity contribution in [3.8, 4) is 12.3 Å². The van der Waals surface area contributed by atoms with E-state index in [-0.39, 0.29) is 47.5 Å². The molecule has 0 spiro atoms. The lowest BCUT2D eigenvalue weighted by Crippen LogP contribution is -2.50. The number of alkyl halides is 3. The molecule has 2 atom stereocenters. The molecule has 2 fully saturated rings. The predicted octanol–water partition coefficient (Wildman–Crippen LogP) is 5.23. The summed E-state index contributed by atoms with van der Waals surface area (Å²) in [6.07, 6.45) is 8.11. The molecular formula is C35H37F3N6O2. The maximum absolute atomic E-state index is 14.5. The number of nitrogens with one attached hydrogen (secondary N) is 1. The van der Waals surface area contributed by atoms with Crippen molar-refractivity contribution in [3.05, 3.63) is 88.5 Å². The van der Waals surface area contributed by atoms with E-state index in [0.717, 1.165) is 30.3 Å². The minimum Gasteiger partial charge on any atom is -0.348 e. The van der Waals surface area contributed by atoms with E-state index in [1.54, 1.807) is 31.5 Å². The van der Waals surface area contributed by atoms with Gasteiger partial charge in [-0.2, -0.15) is 13.2 Å². The number of fused-ring (bicyclic) bond motifs is 1. The first-order valence-electron chi connectivity index (χ1n) is 15.5. The molecule has 3 aliphatic rings. The van der Waals surface area contributed by atoms with Gasteiger partial charge in [0.1, 0.15) is 12.2 Å². The largest absolute Gasteiger partial charge is 0.416 e. The number of terminal acetylenes is 1. The highest BCUT2D eigenvalue weighted by Gasteiger charge is 2.48. The van der Waals surface area contributed by atoms with Gasteiger partial charge in [-0.3, -0.25) is 14.5 Å². The lowest BCUT2D eigenvalue weighted by Gasteiger charge is -2.46. The molecule has 1 aromatic heterocycles. The summed E-state index contributed by atoms with van der Waals surface area (Å²) in [5.41, 5.74) is 0.721. The van der Waals surface area contributed by atoms with Crippen molar-refractivity contribution in [1.29, 1.82) is 0 Å². The molecular weight excluding hydrogens is 593 g/mol. The Kier molecular flexibility index (Phi) is 8.27. The zero-order valence-electron chi connectivity index (χ0n) is 26.1. The van der Waals surface area contributed by atoms with Crippen LogP contribution in [0.2, 0.25) is 0 Å². The summed E-state index contributed by atoms with van der Waals surface area (Å²) in [6.45, 7) is 4.80. The molecule has 11 heteroatoms. The van der Waals surface area contributed by atoms with E-state index in [2.05, 4.69) is 28.4 Å². The number of carbonyl (C=O) groups is 2. The highest BCUT2D eigenvalue weighted by atomic mass is 19.4. The number of nitrogens with zero attached hydrogens (tertiary/aromatic N) is 5. The number of anilines is 1. The number of aromatic nitrogens is 3. The van der Waals surface area contributed by atoms with Gasteiger partial charge in [-0.15, -0.1) is 22.5 Å². The van der Waals surface area contributed by atoms with E-state index in [1.807, 2.05) is 34.7 Å². The number of hydrogen-bond donors (Lipinski definition) is 1. The maximum Gasteiger partial charge on any atom is 0.416 e. The van der Waals surface area contributed by atoms with Crippen LogP contribution in [-0.4, -0.2) is 50.6 Å². The van der Waals surface area contributed by atoms with Gasteiger partial charge in [0.05, 0.1) is 17.5 Å². The standard InChI is InChI=1S/C35H37F3N6O2/c1-5-8-31(45)40-26-11-23(6-2)17-43(19-26)18-24-12-28-29(30(13-24)35(36,37)38)20-44(32(28)46)27-10-7-9-25(14-27)34(15-22(3)16-34)33-41-39-21-42(33)4/h2,5,7-10,12-14,21-23,26H,11,15-20H2,1,3-4H3,(H,40,45)/b8-5+/t22?,23-,26+,34?/m1/s1. The quantitative estimate of drug-likeness (QED) is 0.286. The lowest BCUT2D eigenvalue weighted by molar-refractivity contribution is -0.138. The van der Waals surface area contributed by atoms with Crippen molar-refractivity contribution < 1.29 is 22.8 Å². The monoisotopic (exact) mass is 630 g/mol. The topological polar surface area (TPSA) is 83.4 Å². The average Bonchev–Trinajstić information content (AvgIpc) is 3.57. The Hall–Kier alpha value is -4.43. The Morgan fingerprint density at radius 2 is 2.00 bits per heavy atom. The number of aryl methyl sites for hydroxylation is 1. The summed E-state index contributed by atoms with van der Waals surface area (Å²) in [4.78, 5) is 29.4. The van der Waals surface area contributed by atoms with Gasteiger partial charge >= 0.3 is 6.18 Å². The van der Waals surface area contributed by atoms with Crippen LogP contribution in [0.25, 0.3) is 0 Å². The molecule has 1 saturated heterocycles. The van der Waals surface area contributed by atoms with Gasteiger partial charge in [-0.25, -0.2) is 0 Å². The van der Waals surface area contributed by atoms with Gasteiger partial charge in [0, 0.05) is 49.9 Å². The van der Waals surface area contributed by atoms with E-state index in [4.69, 9.17) is 6.42 Å². The molecule has 1 saturated carbocycles. The smallest absolute Gasteiger partial charge is 0.348 e. The first kappa shape index (κ1) is 31.5. The Bertz CT molecular complexity index is 1730. The molecule has 2 aromatic carbocycles. The highest BCUT2D eigenvalue weighted by molar-refractivity contribution is 6.10. The summed E-state index contributed by atoms with van der Waals surface area (Å²) in [5.74, 6) is 3.16. The molecule has 6 rings (SSSR count). The Morgan fingerprint density at radius 3 is 2.65 bits per heavy atom. The molecule has 0 unspecified atom stereocenters. The van der Waals surface area contributed by atoms with E-state index in [9.17, 15) is 22.8 Å². The minimum absolute atomic E-state index is 0.0245. The Morgan fingerprint density at radius 1 is 1.22 bits per heavy atom. The number of allylic oxidation sites excluding steroid dienone is 1. The second-order valence-corrected chi connectivity index (χ2v) is 13.0. The van der Waals surface area contributed by atoms with E-state index in [1.165, 1.54) is 11.0 Å². The molecule has 2 amide bonds. The number of hydrogen-bond acceptors (Lipinski definition) is 5. The third-order valence-electron chi connectivity index (χ3n) is 9.48. The fourth-order valence-electron chi connectivity index (χ4n) is 7.59. The van der Waals surface area contributed by atoms with Crippen LogP contribution in [0.4, 0.5) is 18.9 Å². The number of carbonyl (C=O) groups excluding carboxylic acids is 2. The summed E-state index contributed by atoms with van der Waals surface area (Å²) in [6, 6.07) is 10.0. The molecule has 3 heterocycles. The second kappa shape index (κ2) is 12.1. The summed E-state index contributed by atoms with van der Waals surface area (Å²) in [7, 11) is 1.90. The van der Waals surface area contributed by atoms with Crippen LogP contribution in [-0.2, 0) is 36.5 Å². The van der Waals surface area contributed by atoms with Crippen molar-refractivity contribution in [2.75, 3.05) is 18.0 Å². The SMILES string of the molecule is C#C[C@@H]1C[C@H](NC(=O)/C=C/C)CN(Cc2cc3c(c(C(F)(F)F)c2)CN(c2cccc(C4(c5nncn5C)CC(C)C4)c2)C3=O)C1. The van der Waals surface area contributed by atoms with Gasteiger partial charge in [-0.1, -0.05) is 25.1 Å². The van der Waals surface area contributed by atoms with E-state index < -0.39 is 17.6 Å². The van der Waals surface area contributed by atoms with Gasteiger partial charge in [0.2, 0.25) is 5.91 Å². The fourth-order valence-corrected chi connectivity index (χ4v) is 7.59. The predicted molar refractivity (Wildman–Crippen MR) is 168 cm³/mol. The third kappa shape index (κ3) is 5.82. The molecule has 2 aliphatic heterocycles. The lowest BCUT2D eigenvalue weighted by atomic mass is 9.58. The van der Waals surface area contributed by atoms with Crippen LogP contribution < -0.4 is 10.2 Å². The van der Waals surface area contributed by atoms with Gasteiger partial charge in [0.25, 0.3) is 5.91 Å². The molecule has 240 valence electrons.